The van der Waals surface area contributed by atoms with Gasteiger partial charge in [0.25, 0.3) is 6.33 Å². The van der Waals surface area contributed by atoms with Gasteiger partial charge in [-0.2, -0.15) is 18.2 Å². The number of aryl methyl sites for hydroxylation is 3. The van der Waals surface area contributed by atoms with Crippen LogP contribution in [-0.2, 0) is 37.3 Å². The van der Waals surface area contributed by atoms with Gasteiger partial charge in [0.2, 0.25) is 0 Å². The fourth-order valence-electron chi connectivity index (χ4n) is 12.4. The molecule has 0 N–H and O–H groups in total. The number of pyridine rings is 1. The first-order valence-electron chi connectivity index (χ1n) is 56.4. The number of para-hydroxylation sites is 1. The van der Waals surface area contributed by atoms with Crippen molar-refractivity contribution >= 4 is 61.7 Å². The number of nitrogens with zero attached hydrogens (tertiary/aromatic N) is 4. The number of hydrogen-bond acceptors (Lipinski definition) is 2. The monoisotopic (exact) mass is 1540 g/mol. The zero-order chi connectivity index (χ0) is 113. The Morgan fingerprint density at radius 1 is 0.530 bits per heavy atom. The number of aromatic nitrogens is 4. The molecule has 0 atom stereocenters. The van der Waals surface area contributed by atoms with Crippen LogP contribution in [0.3, 0.4) is 0 Å². The van der Waals surface area contributed by atoms with Crippen molar-refractivity contribution in [2.24, 2.45) is 0 Å². The van der Waals surface area contributed by atoms with Crippen LogP contribution >= 0.6 is 0 Å². The van der Waals surface area contributed by atoms with Crippen molar-refractivity contribution in [2.45, 2.75) is 97.7 Å². The van der Waals surface area contributed by atoms with Gasteiger partial charge in [-0.1, -0.05) is 278 Å². The minimum absolute atomic E-state index is 0. The second-order valence-corrected chi connectivity index (χ2v) is 27.7. The minimum atomic E-state index is -6.97. The summed E-state index contributed by atoms with van der Waals surface area (Å²) in [4.78, 5) is 4.64. The standard InChI is InChI=1S/C93H80N4OSi.Pt/c1-62-28-25-29-63(2)89(62)68-45-49-85-87(55-68)95(70-33-27-34-71(58-70)98-72-46-47-78-77-42-23-24-43-84(77)97(86(78)59-72)88-52-64(3)81(60-94-88)65-30-15-11-16-31-65)61-96(85)90-79(56-69(91(4,5)6)57-80(90)67-44-48-82-83(54-67)93(9,10)51-50-92(82,7)8)66-32-26-41-76(53-66)99(73-35-17-12-18-36-73,74-37-19-13-20-38-74)75-39-21-14-22-40-75;/h11-49,52-57,60H,50-51H2,1-10H3;/q-2;/i1D3,2D3,3D3,7D3,8D3,9D3,10D3,11D,12D,13D,14D,15D,16D,17D,18D,19D,20D,21D,22D,26D,30D,31D,32D,35D,36D,37D,38D,39D,40D,41D,44D,48D,50D2,51D2,53D,54D;. The fourth-order valence-corrected chi connectivity index (χ4v) is 15.9. The van der Waals surface area contributed by atoms with Gasteiger partial charge in [0, 0.05) is 84.1 Å². The number of fused-ring (bicyclic) bond motifs is 5. The molecular weight excluding hydrogens is 1410 g/mol. The van der Waals surface area contributed by atoms with Gasteiger partial charge < -0.3 is 13.9 Å². The molecule has 494 valence electrons. The molecular formula is C93H80N4OPtSi-2. The maximum atomic E-state index is 11.4. The molecule has 7 heteroatoms. The maximum absolute atomic E-state index is 11.4. The van der Waals surface area contributed by atoms with Crippen LogP contribution in [0.25, 0.3) is 94.5 Å². The summed E-state index contributed by atoms with van der Waals surface area (Å²) in [5, 5.41) is -4.61. The van der Waals surface area contributed by atoms with Crippen LogP contribution in [-0.4, -0.2) is 22.2 Å². The Labute approximate surface area is 677 Å². The number of benzene rings is 12. The van der Waals surface area contributed by atoms with E-state index < -0.39 is 347 Å². The van der Waals surface area contributed by atoms with E-state index in [0.717, 1.165) is 69.9 Å². The molecule has 1 aliphatic rings. The number of rotatable bonds is 13. The molecule has 16 rings (SSSR count). The summed E-state index contributed by atoms with van der Waals surface area (Å²) in [5.41, 5.74) is -25.6. The molecule has 3 aromatic heterocycles. The summed E-state index contributed by atoms with van der Waals surface area (Å²) >= 11 is 0. The molecule has 0 aliphatic heterocycles. The third-order valence-corrected chi connectivity index (χ3v) is 21.0. The van der Waals surface area contributed by atoms with Crippen molar-refractivity contribution in [2.75, 3.05) is 0 Å². The topological polar surface area (TPSA) is 35.9 Å². The van der Waals surface area contributed by atoms with Crippen molar-refractivity contribution < 1.29 is 102 Å². The predicted octanol–water partition coefficient (Wildman–Crippen LogP) is 20.2. The van der Waals surface area contributed by atoms with Crippen molar-refractivity contribution in [3.8, 4) is 73.2 Å². The third-order valence-electron chi connectivity index (χ3n) is 17.0. The van der Waals surface area contributed by atoms with Crippen LogP contribution in [0.1, 0.15) is 166 Å². The molecule has 3 heterocycles. The molecule has 0 bridgehead atoms. The Morgan fingerprint density at radius 2 is 1.14 bits per heavy atom. The van der Waals surface area contributed by atoms with Crippen molar-refractivity contribution in [3.05, 3.63) is 330 Å². The van der Waals surface area contributed by atoms with E-state index in [2.05, 4.69) is 23.4 Å². The van der Waals surface area contributed by atoms with Gasteiger partial charge >= 0.3 is 0 Å². The van der Waals surface area contributed by atoms with E-state index in [4.69, 9.17) is 28.0 Å². The molecule has 0 amide bonds. The number of imidazole rings is 1. The SMILES string of the molecule is [2H]c1c([2H])c([2H])c(-c2cnc(-n3c4[c-]c(Oc5[c-]c(-n6[c-][n+](-c7c(-c8c([2H])c([2H])c9c(c8[2H])C(C([2H])([2H])[2H])(C([2H])([2H])[2H])C([2H])([2H])C([2H])([2H])C9(C([2H])([2H])[2H])C([2H])([2H])[2H])cc(C(C)(C)C)cc7-c7c([2H])c([2H])c([2H])c([Si](c8c([2H])c([2H])c([2H])c([2H])c8[2H])(c8c([2H])c([2H])c([2H])c([2H])c8[2H])c8c([2H])c([2H])c([2H])c([2H])c8[2H])c7[2H])c7ccc(-c8c(C([2H])([2H])[2H])cccc8C([2H])([2H])[2H])cc76)ccc5)ccc4c4ccccc43)cc2C([2H])([2H])[2H])c([2H])c1[2H].[Pt]. The largest absolute Gasteiger partial charge is 0.510 e. The van der Waals surface area contributed by atoms with E-state index in [0.29, 0.717) is 16.3 Å². The molecule has 0 fully saturated rings. The summed E-state index contributed by atoms with van der Waals surface area (Å²) in [6, 6.07) is -6.59. The minimum Gasteiger partial charge on any atom is -0.510 e. The van der Waals surface area contributed by atoms with Crippen LogP contribution in [0, 0.1) is 39.0 Å². The second-order valence-electron chi connectivity index (χ2n) is 24.2. The first kappa shape index (κ1) is 29.2. The van der Waals surface area contributed by atoms with Crippen LogP contribution < -0.4 is 30.1 Å². The normalized spacial score (nSPS) is 22.9. The van der Waals surface area contributed by atoms with E-state index in [1.165, 1.54) is 49.6 Å². The summed E-state index contributed by atoms with van der Waals surface area (Å²) < 4.78 is 503. The Morgan fingerprint density at radius 3 is 1.80 bits per heavy atom. The van der Waals surface area contributed by atoms with Crippen molar-refractivity contribution in [3.63, 3.8) is 0 Å². The Balaban J connectivity index is 0.0000172. The van der Waals surface area contributed by atoms with Gasteiger partial charge in [-0.15, -0.1) is 29.7 Å². The number of ether oxygens (including phenoxy) is 1. The van der Waals surface area contributed by atoms with Crippen LogP contribution in [0.4, 0.5) is 0 Å². The molecule has 1 aliphatic carbocycles. The summed E-state index contributed by atoms with van der Waals surface area (Å²) in [5.74, 6) is -0.640. The van der Waals surface area contributed by atoms with Gasteiger partial charge in [0.1, 0.15) is 5.82 Å². The number of hydrogen-bond donors (Lipinski definition) is 0. The Kier molecular flexibility index (Phi) is 7.52. The average molecular weight is 1550 g/mol. The van der Waals surface area contributed by atoms with Gasteiger partial charge in [-0.3, -0.25) is 4.57 Å². The van der Waals surface area contributed by atoms with E-state index in [9.17, 15) is 48.0 Å². The first-order valence-corrected chi connectivity index (χ1v) is 32.4. The summed E-state index contributed by atoms with van der Waals surface area (Å²) in [7, 11) is -6.97. The zero-order valence-corrected chi connectivity index (χ0v) is 55.8. The first-order chi connectivity index (χ1) is 69.3. The van der Waals surface area contributed by atoms with Crippen LogP contribution in [0.15, 0.2) is 279 Å². The second kappa shape index (κ2) is 25.8. The third kappa shape index (κ3) is 11.5. The summed E-state index contributed by atoms with van der Waals surface area (Å²) in [6.45, 7) is -24.1. The van der Waals surface area contributed by atoms with Gasteiger partial charge in [-0.05, 0) is 172 Å². The van der Waals surface area contributed by atoms with Gasteiger partial charge in [0.05, 0.1) is 53.7 Å². The van der Waals surface area contributed by atoms with E-state index in [1.54, 1.807) is 30.3 Å². The molecule has 0 radical (unpaired) electrons. The van der Waals surface area contributed by atoms with Gasteiger partial charge in [0.15, 0.2) is 8.07 Å². The maximum Gasteiger partial charge on any atom is 0.268 e. The van der Waals surface area contributed by atoms with E-state index in [-0.39, 0.29) is 66.3 Å². The molecule has 12 aromatic carbocycles. The van der Waals surface area contributed by atoms with Crippen LogP contribution in [0.5, 0.6) is 11.5 Å². The Bertz CT molecular complexity index is 8040. The average Bonchev–Trinajstić information content (AvgIpc) is 0.738. The smallest absolute Gasteiger partial charge is 0.268 e. The van der Waals surface area contributed by atoms with Crippen molar-refractivity contribution in [1.29, 1.82) is 0 Å². The summed E-state index contributed by atoms with van der Waals surface area (Å²) in [6.07, 6.45) is -5.82. The quantitative estimate of drug-likeness (QED) is 0.0499. The molecule has 5 nitrogen and oxygen atoms in total. The molecule has 0 spiro atoms. The molecule has 100 heavy (non-hydrogen) atoms. The Hall–Kier alpha value is -10.2. The van der Waals surface area contributed by atoms with Crippen molar-refractivity contribution in [1.82, 2.24) is 14.1 Å². The predicted molar refractivity (Wildman–Crippen MR) is 414 cm³/mol. The molecule has 0 unspecified atom stereocenters. The van der Waals surface area contributed by atoms with Gasteiger partial charge in [-0.25, -0.2) is 4.98 Å². The molecule has 0 saturated carbocycles. The zero-order valence-electron chi connectivity index (χ0n) is 104. The molecule has 15 aromatic rings. The fraction of sp³-hybridized carbons (Fsp3) is 0.161. The molecule has 0 saturated heterocycles. The van der Waals surface area contributed by atoms with E-state index >= 15 is 0 Å². The van der Waals surface area contributed by atoms with Crippen LogP contribution in [0.2, 0.25) is 0 Å². The van der Waals surface area contributed by atoms with E-state index in [1.807, 2.05) is 0 Å².